The fourth-order valence-corrected chi connectivity index (χ4v) is 7.83. The number of nitrogens with two attached hydrogens (primary N) is 1. The third kappa shape index (κ3) is 1.87. The molecule has 0 bridgehead atoms. The van der Waals surface area contributed by atoms with Crippen LogP contribution in [0.1, 0.15) is 43.5 Å². The first-order chi connectivity index (χ1) is 14.8. The molecule has 3 atom stereocenters. The summed E-state index contributed by atoms with van der Waals surface area (Å²) in [6.45, 7) is 1.93. The fraction of sp³-hybridized carbons (Fsp3) is 0.409. The molecular weight excluding hydrogens is 412 g/mol. The first-order valence-corrected chi connectivity index (χ1v) is 12.1. The summed E-state index contributed by atoms with van der Waals surface area (Å²) < 4.78 is 29.9. The van der Waals surface area contributed by atoms with Crippen LogP contribution in [-0.2, 0) is 15.4 Å². The second kappa shape index (κ2) is 5.16. The summed E-state index contributed by atoms with van der Waals surface area (Å²) in [6.07, 6.45) is 8.44. The first-order valence-electron chi connectivity index (χ1n) is 10.6. The zero-order valence-corrected chi connectivity index (χ0v) is 17.9. The Kier molecular flexibility index (Phi) is 2.97. The molecule has 8 nitrogen and oxygen atoms in total. The summed E-state index contributed by atoms with van der Waals surface area (Å²) in [5, 5.41) is 8.99. The topological polar surface area (TPSA) is 108 Å². The molecule has 3 aliphatic carbocycles. The average Bonchev–Trinajstić information content (AvgIpc) is 3.03. The van der Waals surface area contributed by atoms with Gasteiger partial charge in [-0.1, -0.05) is 17.7 Å². The van der Waals surface area contributed by atoms with Gasteiger partial charge in [-0.05, 0) is 57.2 Å². The maximum atomic E-state index is 13.3. The van der Waals surface area contributed by atoms with Crippen molar-refractivity contribution in [2.75, 3.05) is 0 Å². The van der Waals surface area contributed by atoms with E-state index in [0.717, 1.165) is 43.5 Å². The molecule has 0 radical (unpaired) electrons. The minimum absolute atomic E-state index is 0.0621. The maximum Gasteiger partial charge on any atom is 0.269 e. The zero-order chi connectivity index (χ0) is 21.2. The van der Waals surface area contributed by atoms with E-state index in [9.17, 15) is 8.42 Å². The fourth-order valence-electron chi connectivity index (χ4n) is 6.53. The van der Waals surface area contributed by atoms with Gasteiger partial charge in [0.25, 0.3) is 10.0 Å². The molecule has 4 aromatic rings. The average molecular weight is 435 g/mol. The van der Waals surface area contributed by atoms with Gasteiger partial charge in [-0.3, -0.25) is 4.40 Å². The number of aryl methyl sites for hydroxylation is 1. The minimum atomic E-state index is -3.77. The molecular formula is C22H22N6O2S. The number of aromatic nitrogens is 5. The van der Waals surface area contributed by atoms with Gasteiger partial charge in [0.15, 0.2) is 11.3 Å². The highest BCUT2D eigenvalue weighted by Crippen LogP contribution is 2.82. The second-order valence-electron chi connectivity index (χ2n) is 9.61. The third-order valence-corrected chi connectivity index (χ3v) is 10.1. The van der Waals surface area contributed by atoms with Crippen LogP contribution in [0, 0.1) is 12.3 Å². The molecule has 9 heteroatoms. The Morgan fingerprint density at radius 3 is 2.48 bits per heavy atom. The van der Waals surface area contributed by atoms with Gasteiger partial charge in [-0.15, -0.1) is 10.2 Å². The van der Waals surface area contributed by atoms with E-state index >= 15 is 0 Å². The normalized spacial score (nSPS) is 31.5. The van der Waals surface area contributed by atoms with Crippen molar-refractivity contribution in [2.24, 2.45) is 11.1 Å². The standard InChI is InChI=1S/C22H22N6O2S/c1-14-2-4-15(5-3-14)31(29,30)27-11-6-16-18(27)24-12-17-25-26-19(28(16)17)20-7-9-21(20)13-22(21,23)10-8-20/h2-6,11-12H,7-10,13,23H2,1H3/t20-,21?,22?/m0/s1. The number of nitrogens with zero attached hydrogens (tertiary/aromatic N) is 5. The molecule has 7 rings (SSSR count). The Bertz CT molecular complexity index is 1520. The lowest BCUT2D eigenvalue weighted by Crippen LogP contribution is -2.48. The van der Waals surface area contributed by atoms with E-state index in [2.05, 4.69) is 15.2 Å². The highest BCUT2D eigenvalue weighted by molar-refractivity contribution is 7.90. The monoisotopic (exact) mass is 434 g/mol. The molecule has 2 N–H and O–H groups in total. The Hall–Kier alpha value is -2.78. The largest absolute Gasteiger partial charge is 0.325 e. The van der Waals surface area contributed by atoms with Crippen LogP contribution >= 0.6 is 0 Å². The van der Waals surface area contributed by atoms with Crippen molar-refractivity contribution < 1.29 is 8.42 Å². The predicted molar refractivity (Wildman–Crippen MR) is 114 cm³/mol. The van der Waals surface area contributed by atoms with E-state index in [0.29, 0.717) is 16.8 Å². The van der Waals surface area contributed by atoms with E-state index in [1.165, 1.54) is 3.97 Å². The summed E-state index contributed by atoms with van der Waals surface area (Å²) in [7, 11) is -3.77. The lowest BCUT2D eigenvalue weighted by Gasteiger charge is -2.47. The molecule has 3 fully saturated rings. The van der Waals surface area contributed by atoms with Gasteiger partial charge >= 0.3 is 0 Å². The van der Waals surface area contributed by atoms with Gasteiger partial charge in [0.05, 0.1) is 16.6 Å². The molecule has 31 heavy (non-hydrogen) atoms. The summed E-state index contributed by atoms with van der Waals surface area (Å²) in [5.74, 6) is 0.913. The summed E-state index contributed by atoms with van der Waals surface area (Å²) in [4.78, 5) is 4.69. The number of rotatable bonds is 3. The third-order valence-electron chi connectivity index (χ3n) is 8.38. The molecule has 3 heterocycles. The number of fused-ring (bicyclic) bond motifs is 3. The Morgan fingerprint density at radius 1 is 1.03 bits per heavy atom. The van der Waals surface area contributed by atoms with Crippen molar-refractivity contribution >= 4 is 26.8 Å². The van der Waals surface area contributed by atoms with Crippen molar-refractivity contribution in [3.63, 3.8) is 0 Å². The van der Waals surface area contributed by atoms with Gasteiger partial charge in [0, 0.05) is 22.6 Å². The predicted octanol–water partition coefficient (Wildman–Crippen LogP) is 2.54. The minimum Gasteiger partial charge on any atom is -0.325 e. The summed E-state index contributed by atoms with van der Waals surface area (Å²) >= 11 is 0. The van der Waals surface area contributed by atoms with Crippen LogP contribution in [0.2, 0.25) is 0 Å². The summed E-state index contributed by atoms with van der Waals surface area (Å²) in [6, 6.07) is 8.65. The van der Waals surface area contributed by atoms with Gasteiger partial charge < -0.3 is 5.73 Å². The maximum absolute atomic E-state index is 13.3. The number of benzene rings is 1. The number of hydrogen-bond donors (Lipinski definition) is 1. The van der Waals surface area contributed by atoms with Gasteiger partial charge in [0.2, 0.25) is 0 Å². The molecule has 2 unspecified atom stereocenters. The summed E-state index contributed by atoms with van der Waals surface area (Å²) in [5.41, 5.74) is 9.40. The van der Waals surface area contributed by atoms with Crippen LogP contribution < -0.4 is 5.73 Å². The van der Waals surface area contributed by atoms with Crippen LogP contribution in [0.25, 0.3) is 16.8 Å². The molecule has 158 valence electrons. The zero-order valence-electron chi connectivity index (χ0n) is 17.1. The van der Waals surface area contributed by atoms with Gasteiger partial charge in [-0.2, -0.15) is 0 Å². The molecule has 0 aliphatic heterocycles. The quantitative estimate of drug-likeness (QED) is 0.531. The van der Waals surface area contributed by atoms with Crippen LogP contribution in [-0.4, -0.2) is 37.5 Å². The van der Waals surface area contributed by atoms with E-state index in [4.69, 9.17) is 5.73 Å². The van der Waals surface area contributed by atoms with Crippen molar-refractivity contribution in [1.29, 1.82) is 0 Å². The molecule has 1 spiro atoms. The Morgan fingerprint density at radius 2 is 1.81 bits per heavy atom. The van der Waals surface area contributed by atoms with Gasteiger partial charge in [0.1, 0.15) is 5.82 Å². The SMILES string of the molecule is Cc1ccc(S(=O)(=O)n2ccc3c2ncc2nnc([C@]45CCC6(N)CC64CC5)n23)cc1. The van der Waals surface area contributed by atoms with Crippen molar-refractivity contribution in [3.05, 3.63) is 54.1 Å². The smallest absolute Gasteiger partial charge is 0.269 e. The highest BCUT2D eigenvalue weighted by atomic mass is 32.2. The van der Waals surface area contributed by atoms with E-state index in [1.807, 2.05) is 11.3 Å². The van der Waals surface area contributed by atoms with Gasteiger partial charge in [-0.25, -0.2) is 17.4 Å². The van der Waals surface area contributed by atoms with Crippen molar-refractivity contribution in [1.82, 2.24) is 23.6 Å². The van der Waals surface area contributed by atoms with Crippen molar-refractivity contribution in [3.8, 4) is 0 Å². The molecule has 3 aromatic heterocycles. The second-order valence-corrected chi connectivity index (χ2v) is 11.4. The molecule has 1 aromatic carbocycles. The molecule has 0 saturated heterocycles. The number of hydrogen-bond acceptors (Lipinski definition) is 6. The molecule has 3 saturated carbocycles. The Labute approximate surface area is 179 Å². The van der Waals surface area contributed by atoms with Crippen LogP contribution in [0.3, 0.4) is 0 Å². The first kappa shape index (κ1) is 17.9. The molecule has 3 aliphatic rings. The van der Waals surface area contributed by atoms with Crippen LogP contribution in [0.4, 0.5) is 0 Å². The van der Waals surface area contributed by atoms with Crippen LogP contribution in [0.5, 0.6) is 0 Å². The lowest BCUT2D eigenvalue weighted by atomic mass is 9.57. The van der Waals surface area contributed by atoms with E-state index < -0.39 is 10.0 Å². The molecule has 0 amide bonds. The lowest BCUT2D eigenvalue weighted by molar-refractivity contribution is 0.0951. The van der Waals surface area contributed by atoms with E-state index in [-0.39, 0.29) is 21.3 Å². The Balaban J connectivity index is 1.45. The van der Waals surface area contributed by atoms with Crippen LogP contribution in [0.15, 0.2) is 47.6 Å². The highest BCUT2D eigenvalue weighted by Gasteiger charge is 2.83. The van der Waals surface area contributed by atoms with E-state index in [1.54, 1.807) is 42.7 Å². The van der Waals surface area contributed by atoms with Crippen molar-refractivity contribution in [2.45, 2.75) is 54.9 Å².